The summed E-state index contributed by atoms with van der Waals surface area (Å²) in [6.45, 7) is 4.61. The lowest BCUT2D eigenvalue weighted by Crippen LogP contribution is -1.96. The Morgan fingerprint density at radius 3 is 1.17 bits per heavy atom. The van der Waals surface area contributed by atoms with E-state index >= 15 is 0 Å². The van der Waals surface area contributed by atoms with Crippen LogP contribution < -0.4 is 0 Å². The van der Waals surface area contributed by atoms with Crippen molar-refractivity contribution in [1.29, 1.82) is 0 Å². The van der Waals surface area contributed by atoms with E-state index in [0.717, 1.165) is 17.8 Å². The number of hydrogen-bond acceptors (Lipinski definition) is 2. The van der Waals surface area contributed by atoms with Crippen molar-refractivity contribution < 1.29 is 0 Å². The summed E-state index contributed by atoms with van der Waals surface area (Å²) in [7, 11) is 0. The fraction of sp³-hybridized carbons (Fsp3) is 0.727. The van der Waals surface area contributed by atoms with Gasteiger partial charge in [-0.3, -0.25) is 0 Å². The largest absolute Gasteiger partial charge is 0.151 e. The summed E-state index contributed by atoms with van der Waals surface area (Å²) >= 11 is 0. The maximum absolute atomic E-state index is 4.76. The van der Waals surface area contributed by atoms with Gasteiger partial charge in [-0.25, -0.2) is 0 Å². The van der Waals surface area contributed by atoms with Gasteiger partial charge in [-0.2, -0.15) is 10.2 Å². The molecule has 0 heterocycles. The average Bonchev–Trinajstić information content (AvgIpc) is 3.08. The highest BCUT2D eigenvalue weighted by Gasteiger charge is 2.09. The third-order valence-corrected chi connectivity index (χ3v) is 9.86. The van der Waals surface area contributed by atoms with Gasteiger partial charge in [0, 0.05) is 0 Å². The van der Waals surface area contributed by atoms with Gasteiger partial charge in [0.15, 0.2) is 0 Å². The van der Waals surface area contributed by atoms with E-state index in [1.54, 1.807) is 0 Å². The molecule has 0 aliphatic heterocycles. The summed E-state index contributed by atoms with van der Waals surface area (Å²) in [5.74, 6) is 0. The predicted octanol–water partition coefficient (Wildman–Crippen LogP) is 16.1. The molecule has 0 saturated carbocycles. The fourth-order valence-corrected chi connectivity index (χ4v) is 6.85. The van der Waals surface area contributed by atoms with Crippen LogP contribution in [0.2, 0.25) is 0 Å². The first kappa shape index (κ1) is 40.2. The van der Waals surface area contributed by atoms with Crippen LogP contribution in [0, 0.1) is 0 Å². The number of aryl methyl sites for hydroxylation is 1. The van der Waals surface area contributed by atoms with Crippen molar-refractivity contribution in [3.8, 4) is 0 Å². The summed E-state index contributed by atoms with van der Waals surface area (Å²) in [5.41, 5.74) is 4.98. The first-order valence-electron chi connectivity index (χ1n) is 20.4. The second-order valence-electron chi connectivity index (χ2n) is 14.1. The molecule has 0 amide bonds. The van der Waals surface area contributed by atoms with Crippen molar-refractivity contribution in [2.45, 2.75) is 206 Å². The summed E-state index contributed by atoms with van der Waals surface area (Å²) in [4.78, 5) is 0. The van der Waals surface area contributed by atoms with E-state index in [9.17, 15) is 0 Å². The highest BCUT2D eigenvalue weighted by Crippen LogP contribution is 2.29. The Morgan fingerprint density at radius 1 is 0.348 bits per heavy atom. The molecule has 0 N–H and O–H groups in total. The van der Waals surface area contributed by atoms with E-state index in [-0.39, 0.29) is 0 Å². The van der Waals surface area contributed by atoms with E-state index in [1.165, 1.54) is 197 Å². The first-order chi connectivity index (χ1) is 22.8. The lowest BCUT2D eigenvalue weighted by Gasteiger charge is -2.12. The number of hydrogen-bond donors (Lipinski definition) is 0. The first-order valence-corrected chi connectivity index (χ1v) is 20.4. The minimum Gasteiger partial charge on any atom is -0.151 e. The van der Waals surface area contributed by atoms with Crippen molar-refractivity contribution in [2.24, 2.45) is 10.2 Å². The van der Waals surface area contributed by atoms with Crippen molar-refractivity contribution in [3.05, 3.63) is 59.7 Å². The van der Waals surface area contributed by atoms with Gasteiger partial charge in [-0.1, -0.05) is 211 Å². The molecule has 0 fully saturated rings. The Balaban J connectivity index is 1.67. The van der Waals surface area contributed by atoms with Crippen LogP contribution in [0.15, 0.2) is 58.8 Å². The smallest absolute Gasteiger partial charge is 0.0891 e. The third kappa shape index (κ3) is 21.8. The minimum absolute atomic E-state index is 0.933. The summed E-state index contributed by atoms with van der Waals surface area (Å²) in [5, 5.41) is 9.36. The second kappa shape index (κ2) is 30.4. The molecule has 2 aromatic carbocycles. The van der Waals surface area contributed by atoms with Gasteiger partial charge in [0.1, 0.15) is 0 Å². The fourth-order valence-electron chi connectivity index (χ4n) is 6.85. The number of rotatable bonds is 32. The maximum Gasteiger partial charge on any atom is 0.0891 e. The monoisotopic (exact) mass is 631 g/mol. The van der Waals surface area contributed by atoms with Gasteiger partial charge in [-0.05, 0) is 55.0 Å². The maximum atomic E-state index is 4.76. The molecule has 0 aliphatic carbocycles. The van der Waals surface area contributed by atoms with Gasteiger partial charge in [0.05, 0.1) is 11.4 Å². The van der Waals surface area contributed by atoms with E-state index in [0.29, 0.717) is 0 Å². The summed E-state index contributed by atoms with van der Waals surface area (Å²) in [6.07, 6.45) is 41.8. The molecular weight excluding hydrogens is 556 g/mol. The Kier molecular flexibility index (Phi) is 26.6. The summed E-state index contributed by atoms with van der Waals surface area (Å²) in [6, 6.07) is 16.9. The van der Waals surface area contributed by atoms with Crippen molar-refractivity contribution in [1.82, 2.24) is 0 Å². The van der Waals surface area contributed by atoms with Crippen LogP contribution in [0.5, 0.6) is 0 Å². The molecule has 2 nitrogen and oxygen atoms in total. The number of unbranched alkanes of at least 4 members (excludes halogenated alkanes) is 26. The van der Waals surface area contributed by atoms with Gasteiger partial charge < -0.3 is 0 Å². The number of azo groups is 1. The number of benzene rings is 2. The predicted molar refractivity (Wildman–Crippen MR) is 205 cm³/mol. The third-order valence-electron chi connectivity index (χ3n) is 9.86. The highest BCUT2D eigenvalue weighted by atomic mass is 15.1. The molecule has 2 rings (SSSR count). The average molecular weight is 631 g/mol. The normalized spacial score (nSPS) is 11.6. The van der Waals surface area contributed by atoms with E-state index in [4.69, 9.17) is 5.11 Å². The highest BCUT2D eigenvalue weighted by molar-refractivity contribution is 5.51. The van der Waals surface area contributed by atoms with Crippen LogP contribution in [-0.2, 0) is 12.8 Å². The zero-order valence-corrected chi connectivity index (χ0v) is 30.7. The Bertz CT molecular complexity index is 950. The van der Waals surface area contributed by atoms with Gasteiger partial charge in [-0.15, -0.1) is 0 Å². The molecule has 0 unspecified atom stereocenters. The number of nitrogens with zero attached hydrogens (tertiary/aromatic N) is 2. The van der Waals surface area contributed by atoms with Crippen LogP contribution in [-0.4, -0.2) is 0 Å². The zero-order chi connectivity index (χ0) is 32.6. The molecule has 0 spiro atoms. The van der Waals surface area contributed by atoms with Crippen LogP contribution in [0.4, 0.5) is 11.4 Å². The molecule has 260 valence electrons. The quantitative estimate of drug-likeness (QED) is 0.0567. The van der Waals surface area contributed by atoms with Gasteiger partial charge in [0.2, 0.25) is 0 Å². The van der Waals surface area contributed by atoms with Gasteiger partial charge in [0.25, 0.3) is 0 Å². The van der Waals surface area contributed by atoms with Crippen LogP contribution in [0.25, 0.3) is 0 Å². The van der Waals surface area contributed by atoms with E-state index in [2.05, 4.69) is 37.2 Å². The lowest BCUT2D eigenvalue weighted by atomic mass is 9.95. The Hall–Kier alpha value is -1.96. The zero-order valence-electron chi connectivity index (χ0n) is 30.7. The molecule has 0 aliphatic rings. The molecule has 0 radical (unpaired) electrons. The van der Waals surface area contributed by atoms with Crippen molar-refractivity contribution >= 4 is 11.4 Å². The van der Waals surface area contributed by atoms with Gasteiger partial charge >= 0.3 is 0 Å². The molecule has 0 bridgehead atoms. The second-order valence-corrected chi connectivity index (χ2v) is 14.1. The molecule has 46 heavy (non-hydrogen) atoms. The van der Waals surface area contributed by atoms with Crippen LogP contribution in [0.1, 0.15) is 205 Å². The van der Waals surface area contributed by atoms with Crippen molar-refractivity contribution in [3.63, 3.8) is 0 Å². The van der Waals surface area contributed by atoms with E-state index < -0.39 is 0 Å². The summed E-state index contributed by atoms with van der Waals surface area (Å²) < 4.78 is 0. The standard InChI is InChI=1S/C44H74N2/c1-3-5-7-9-11-13-15-17-19-21-23-25-27-30-35-41-36-34-40-44(46-45-42-37-31-29-32-38-42)43(41)39-33-28-26-24-22-20-18-16-14-12-10-8-6-4-2/h29,31-32,34,36-38,40H,3-28,30,33,35,39H2,1-2H3. The van der Waals surface area contributed by atoms with E-state index in [1.807, 2.05) is 30.3 Å². The molecule has 2 heteroatoms. The molecule has 0 atom stereocenters. The van der Waals surface area contributed by atoms with Crippen LogP contribution in [0.3, 0.4) is 0 Å². The molecule has 0 saturated heterocycles. The van der Waals surface area contributed by atoms with Crippen molar-refractivity contribution in [2.75, 3.05) is 0 Å². The Labute approximate surface area is 287 Å². The topological polar surface area (TPSA) is 24.7 Å². The Morgan fingerprint density at radius 2 is 0.739 bits per heavy atom. The van der Waals surface area contributed by atoms with Crippen LogP contribution >= 0.6 is 0 Å². The molecular formula is C44H74N2. The minimum atomic E-state index is 0.933. The lowest BCUT2D eigenvalue weighted by molar-refractivity contribution is 0.534. The molecule has 2 aromatic rings. The SMILES string of the molecule is CCCCCCCCCCCCCCCCc1cccc(N=Nc2ccccc2)c1CCCCCCCCCCCCCCCC. The molecule has 0 aromatic heterocycles.